The van der Waals surface area contributed by atoms with Crippen molar-refractivity contribution >= 4 is 22.5 Å². The summed E-state index contributed by atoms with van der Waals surface area (Å²) >= 11 is 0. The molecule has 1 aliphatic heterocycles. The normalized spacial score (nSPS) is 15.0. The fourth-order valence-electron chi connectivity index (χ4n) is 3.55. The first-order valence-electron chi connectivity index (χ1n) is 9.38. The van der Waals surface area contributed by atoms with Gasteiger partial charge in [0.25, 0.3) is 5.91 Å². The Hall–Kier alpha value is -2.86. The van der Waals surface area contributed by atoms with E-state index < -0.39 is 0 Å². The van der Waals surface area contributed by atoms with Crippen molar-refractivity contribution < 1.29 is 4.79 Å². The van der Waals surface area contributed by atoms with Crippen molar-refractivity contribution in [2.75, 3.05) is 32.5 Å². The molecule has 2 aromatic heterocycles. The number of nitrogens with zero attached hydrogens (tertiary/aromatic N) is 3. The third-order valence-corrected chi connectivity index (χ3v) is 5.05. The van der Waals surface area contributed by atoms with E-state index in [0.29, 0.717) is 11.6 Å². The maximum Gasteiger partial charge on any atom is 0.253 e. The molecule has 6 nitrogen and oxygen atoms in total. The van der Waals surface area contributed by atoms with Gasteiger partial charge in [0.1, 0.15) is 5.82 Å². The topological polar surface area (TPSA) is 62.2 Å². The molecule has 0 bridgehead atoms. The molecule has 1 amide bonds. The molecule has 2 N–H and O–H groups in total. The van der Waals surface area contributed by atoms with Crippen molar-refractivity contribution in [3.63, 3.8) is 0 Å². The van der Waals surface area contributed by atoms with Gasteiger partial charge in [-0.25, -0.2) is 4.98 Å². The van der Waals surface area contributed by atoms with Gasteiger partial charge in [0.05, 0.1) is 17.4 Å². The minimum Gasteiger partial charge on any atom is -0.381 e. The van der Waals surface area contributed by atoms with Crippen molar-refractivity contribution in [1.82, 2.24) is 19.8 Å². The number of hydrogen-bond acceptors (Lipinski definition) is 4. The average Bonchev–Trinajstić information content (AvgIpc) is 3.12. The molecule has 27 heavy (non-hydrogen) atoms. The van der Waals surface area contributed by atoms with Crippen LogP contribution in [0.25, 0.3) is 16.7 Å². The molecular formula is C21H25N5O. The SMILES string of the molecule is CN(C)C(=O)c1ccc2c(ccn2-c2ccc(NC3CCNCC3)cn2)c1. The van der Waals surface area contributed by atoms with Crippen molar-refractivity contribution in [3.8, 4) is 5.82 Å². The van der Waals surface area contributed by atoms with E-state index in [4.69, 9.17) is 0 Å². The van der Waals surface area contributed by atoms with Crippen LogP contribution < -0.4 is 10.6 Å². The van der Waals surface area contributed by atoms with Gasteiger partial charge in [0.2, 0.25) is 0 Å². The zero-order chi connectivity index (χ0) is 18.8. The summed E-state index contributed by atoms with van der Waals surface area (Å²) in [6.07, 6.45) is 6.17. The Kier molecular flexibility index (Phi) is 4.81. The molecule has 6 heteroatoms. The highest BCUT2D eigenvalue weighted by Gasteiger charge is 2.13. The lowest BCUT2D eigenvalue weighted by molar-refractivity contribution is 0.0828. The van der Waals surface area contributed by atoms with Crippen LogP contribution in [0.15, 0.2) is 48.8 Å². The molecule has 4 rings (SSSR count). The Bertz CT molecular complexity index is 939. The number of rotatable bonds is 4. The third-order valence-electron chi connectivity index (χ3n) is 5.05. The van der Waals surface area contributed by atoms with Crippen LogP contribution in [0.1, 0.15) is 23.2 Å². The quantitative estimate of drug-likeness (QED) is 0.748. The van der Waals surface area contributed by atoms with Gasteiger partial charge < -0.3 is 20.1 Å². The summed E-state index contributed by atoms with van der Waals surface area (Å²) in [5.41, 5.74) is 2.79. The van der Waals surface area contributed by atoms with Gasteiger partial charge in [0.15, 0.2) is 0 Å². The molecule has 1 fully saturated rings. The molecule has 0 atom stereocenters. The molecule has 0 unspecified atom stereocenters. The van der Waals surface area contributed by atoms with Gasteiger partial charge in [0, 0.05) is 37.3 Å². The maximum atomic E-state index is 12.2. The van der Waals surface area contributed by atoms with Crippen LogP contribution in [0.3, 0.4) is 0 Å². The number of pyridine rings is 1. The van der Waals surface area contributed by atoms with Gasteiger partial charge in [-0.1, -0.05) is 0 Å². The lowest BCUT2D eigenvalue weighted by Crippen LogP contribution is -2.35. The van der Waals surface area contributed by atoms with Crippen molar-refractivity contribution in [1.29, 1.82) is 0 Å². The first-order valence-corrected chi connectivity index (χ1v) is 9.38. The second kappa shape index (κ2) is 7.40. The molecule has 3 aromatic rings. The summed E-state index contributed by atoms with van der Waals surface area (Å²) in [6, 6.07) is 12.4. The second-order valence-corrected chi connectivity index (χ2v) is 7.23. The Morgan fingerprint density at radius 3 is 2.70 bits per heavy atom. The zero-order valence-corrected chi connectivity index (χ0v) is 15.8. The number of hydrogen-bond donors (Lipinski definition) is 2. The molecule has 3 heterocycles. The van der Waals surface area contributed by atoms with Crippen LogP contribution >= 0.6 is 0 Å². The monoisotopic (exact) mass is 363 g/mol. The average molecular weight is 363 g/mol. The van der Waals surface area contributed by atoms with E-state index in [2.05, 4.69) is 21.7 Å². The number of carbonyl (C=O) groups excluding carboxylic acids is 1. The number of fused-ring (bicyclic) bond motifs is 1. The number of aromatic nitrogens is 2. The molecule has 140 valence electrons. The highest BCUT2D eigenvalue weighted by molar-refractivity contribution is 5.98. The summed E-state index contributed by atoms with van der Waals surface area (Å²) in [7, 11) is 3.53. The van der Waals surface area contributed by atoms with E-state index in [9.17, 15) is 4.79 Å². The Morgan fingerprint density at radius 1 is 1.19 bits per heavy atom. The van der Waals surface area contributed by atoms with E-state index in [1.54, 1.807) is 19.0 Å². The number of piperidine rings is 1. The third kappa shape index (κ3) is 3.66. The summed E-state index contributed by atoms with van der Waals surface area (Å²) in [4.78, 5) is 18.4. The fraction of sp³-hybridized carbons (Fsp3) is 0.333. The van der Waals surface area contributed by atoms with Crippen molar-refractivity contribution in [3.05, 3.63) is 54.4 Å². The second-order valence-electron chi connectivity index (χ2n) is 7.23. The molecule has 0 radical (unpaired) electrons. The van der Waals surface area contributed by atoms with Gasteiger partial charge in [-0.15, -0.1) is 0 Å². The van der Waals surface area contributed by atoms with Crippen LogP contribution in [-0.4, -0.2) is 53.6 Å². The van der Waals surface area contributed by atoms with E-state index in [1.165, 1.54) is 0 Å². The number of anilines is 1. The largest absolute Gasteiger partial charge is 0.381 e. The first-order chi connectivity index (χ1) is 13.1. The van der Waals surface area contributed by atoms with E-state index in [0.717, 1.165) is 48.3 Å². The van der Waals surface area contributed by atoms with E-state index in [1.807, 2.05) is 47.3 Å². The lowest BCUT2D eigenvalue weighted by atomic mass is 10.1. The molecule has 0 aliphatic carbocycles. The lowest BCUT2D eigenvalue weighted by Gasteiger charge is -2.24. The van der Waals surface area contributed by atoms with Crippen LogP contribution in [0.5, 0.6) is 0 Å². The fourth-order valence-corrected chi connectivity index (χ4v) is 3.55. The van der Waals surface area contributed by atoms with E-state index >= 15 is 0 Å². The summed E-state index contributed by atoms with van der Waals surface area (Å²) in [6.45, 7) is 2.13. The van der Waals surface area contributed by atoms with Gasteiger partial charge in [-0.3, -0.25) is 4.79 Å². The smallest absolute Gasteiger partial charge is 0.253 e. The minimum atomic E-state index is 0.0103. The number of nitrogens with one attached hydrogen (secondary N) is 2. The molecule has 1 aromatic carbocycles. The predicted molar refractivity (Wildman–Crippen MR) is 109 cm³/mol. The molecule has 1 aliphatic rings. The van der Waals surface area contributed by atoms with Gasteiger partial charge >= 0.3 is 0 Å². The van der Waals surface area contributed by atoms with Crippen molar-refractivity contribution in [2.24, 2.45) is 0 Å². The van der Waals surface area contributed by atoms with E-state index in [-0.39, 0.29) is 5.91 Å². The van der Waals surface area contributed by atoms with Gasteiger partial charge in [-0.2, -0.15) is 0 Å². The Morgan fingerprint density at radius 2 is 2.00 bits per heavy atom. The predicted octanol–water partition coefficient (Wildman–Crippen LogP) is 2.89. The maximum absolute atomic E-state index is 12.2. The minimum absolute atomic E-state index is 0.0103. The molecule has 1 saturated heterocycles. The standard InChI is InChI=1S/C21H25N5O/c1-25(2)21(27)16-3-5-19-15(13-16)9-12-26(19)20-6-4-18(14-23-20)24-17-7-10-22-11-8-17/h3-6,9,12-14,17,22,24H,7-8,10-11H2,1-2H3. The van der Waals surface area contributed by atoms with Crippen LogP contribution in [-0.2, 0) is 0 Å². The Labute approximate surface area is 159 Å². The van der Waals surface area contributed by atoms with Crippen LogP contribution in [0, 0.1) is 0 Å². The summed E-state index contributed by atoms with van der Waals surface area (Å²) in [5.74, 6) is 0.878. The van der Waals surface area contributed by atoms with Crippen molar-refractivity contribution in [2.45, 2.75) is 18.9 Å². The molecule has 0 spiro atoms. The highest BCUT2D eigenvalue weighted by atomic mass is 16.2. The summed E-state index contributed by atoms with van der Waals surface area (Å²) in [5, 5.41) is 7.98. The first kappa shape index (κ1) is 17.5. The van der Waals surface area contributed by atoms with Gasteiger partial charge in [-0.05, 0) is 62.3 Å². The number of amides is 1. The molecular weight excluding hydrogens is 338 g/mol. The summed E-state index contributed by atoms with van der Waals surface area (Å²) < 4.78 is 2.05. The van der Waals surface area contributed by atoms with Crippen LogP contribution in [0.4, 0.5) is 5.69 Å². The van der Waals surface area contributed by atoms with Crippen LogP contribution in [0.2, 0.25) is 0 Å². The number of carbonyl (C=O) groups is 1. The highest BCUT2D eigenvalue weighted by Crippen LogP contribution is 2.22. The zero-order valence-electron chi connectivity index (χ0n) is 15.8. The number of benzene rings is 1. The Balaban J connectivity index is 1.56. The molecule has 0 saturated carbocycles.